The highest BCUT2D eigenvalue weighted by Gasteiger charge is 2.28. The number of nitrogens with one attached hydrogen (secondary N) is 1. The zero-order valence-electron chi connectivity index (χ0n) is 11.3. The lowest BCUT2D eigenvalue weighted by molar-refractivity contribution is -0.384. The normalized spacial score (nSPS) is 12.5. The Labute approximate surface area is 107 Å². The van der Waals surface area contributed by atoms with Crippen LogP contribution in [0.3, 0.4) is 0 Å². The molecule has 1 heterocycles. The first kappa shape index (κ1) is 14.2. The van der Waals surface area contributed by atoms with Crippen LogP contribution >= 0.6 is 0 Å². The molecule has 1 rings (SSSR count). The minimum Gasteiger partial charge on any atom is -0.362 e. The summed E-state index contributed by atoms with van der Waals surface area (Å²) in [6, 6.07) is 0.0802. The van der Waals surface area contributed by atoms with Crippen molar-refractivity contribution in [3.05, 3.63) is 28.5 Å². The molecule has 6 heteroatoms. The summed E-state index contributed by atoms with van der Waals surface area (Å²) >= 11 is 0. The molecule has 0 spiro atoms. The molecule has 0 aliphatic rings. The molecule has 0 bridgehead atoms. The van der Waals surface area contributed by atoms with E-state index in [4.69, 9.17) is 0 Å². The van der Waals surface area contributed by atoms with Gasteiger partial charge in [0.1, 0.15) is 5.69 Å². The molecule has 0 amide bonds. The molecule has 0 aliphatic heterocycles. The highest BCUT2D eigenvalue weighted by Crippen LogP contribution is 2.33. The fourth-order valence-corrected chi connectivity index (χ4v) is 1.81. The lowest BCUT2D eigenvalue weighted by Crippen LogP contribution is -2.17. The Morgan fingerprint density at radius 1 is 1.56 bits per heavy atom. The number of hydrogen-bond acceptors (Lipinski definition) is 4. The second-order valence-electron chi connectivity index (χ2n) is 4.69. The van der Waals surface area contributed by atoms with Crippen molar-refractivity contribution in [2.75, 3.05) is 5.32 Å². The maximum Gasteiger partial charge on any atom is 0.334 e. The maximum atomic E-state index is 11.2. The van der Waals surface area contributed by atoms with Gasteiger partial charge in [-0.3, -0.25) is 10.1 Å². The molecule has 1 atom stereocenters. The van der Waals surface area contributed by atoms with E-state index < -0.39 is 0 Å². The Bertz CT molecular complexity index is 451. The molecule has 0 saturated carbocycles. The smallest absolute Gasteiger partial charge is 0.334 e. The number of aryl methyl sites for hydroxylation is 1. The van der Waals surface area contributed by atoms with Crippen molar-refractivity contribution >= 4 is 11.5 Å². The molecule has 18 heavy (non-hydrogen) atoms. The number of aromatic nitrogens is 2. The van der Waals surface area contributed by atoms with Gasteiger partial charge in [-0.1, -0.05) is 19.9 Å². The van der Waals surface area contributed by atoms with Crippen molar-refractivity contribution in [2.24, 2.45) is 7.05 Å². The Morgan fingerprint density at radius 3 is 2.61 bits per heavy atom. The fourth-order valence-electron chi connectivity index (χ4n) is 1.81. The minimum atomic E-state index is -0.370. The summed E-state index contributed by atoms with van der Waals surface area (Å²) < 4.78 is 1.53. The average molecular weight is 252 g/mol. The molecule has 1 aromatic rings. The van der Waals surface area contributed by atoms with Crippen molar-refractivity contribution in [1.82, 2.24) is 9.78 Å². The summed E-state index contributed by atoms with van der Waals surface area (Å²) in [6.45, 7) is 9.40. The van der Waals surface area contributed by atoms with Crippen LogP contribution in [0.1, 0.15) is 38.8 Å². The third kappa shape index (κ3) is 2.88. The maximum absolute atomic E-state index is 11.2. The number of rotatable bonds is 6. The summed E-state index contributed by atoms with van der Waals surface area (Å²) in [7, 11) is 1.71. The summed E-state index contributed by atoms with van der Waals surface area (Å²) in [5.74, 6) is 0.472. The molecule has 0 saturated heterocycles. The Kier molecular flexibility index (Phi) is 4.47. The zero-order valence-corrected chi connectivity index (χ0v) is 11.3. The largest absolute Gasteiger partial charge is 0.362 e. The molecule has 100 valence electrons. The fraction of sp³-hybridized carbons (Fsp3) is 0.583. The van der Waals surface area contributed by atoms with Crippen LogP contribution in [-0.2, 0) is 7.05 Å². The van der Waals surface area contributed by atoms with E-state index in [0.29, 0.717) is 11.5 Å². The summed E-state index contributed by atoms with van der Waals surface area (Å²) in [4.78, 5) is 10.8. The van der Waals surface area contributed by atoms with E-state index in [1.165, 1.54) is 4.68 Å². The van der Waals surface area contributed by atoms with Gasteiger partial charge >= 0.3 is 5.69 Å². The van der Waals surface area contributed by atoms with Crippen LogP contribution in [-0.4, -0.2) is 20.7 Å². The highest BCUT2D eigenvalue weighted by atomic mass is 16.6. The van der Waals surface area contributed by atoms with Gasteiger partial charge in [0.05, 0.1) is 4.92 Å². The van der Waals surface area contributed by atoms with Gasteiger partial charge < -0.3 is 5.32 Å². The van der Waals surface area contributed by atoms with E-state index in [1.54, 1.807) is 13.1 Å². The molecule has 6 nitrogen and oxygen atoms in total. The van der Waals surface area contributed by atoms with Gasteiger partial charge in [0.2, 0.25) is 5.82 Å². The summed E-state index contributed by atoms with van der Waals surface area (Å²) in [6.07, 6.45) is 2.52. The van der Waals surface area contributed by atoms with Crippen molar-refractivity contribution < 1.29 is 4.92 Å². The molecule has 1 N–H and O–H groups in total. The molecule has 0 aromatic carbocycles. The highest BCUT2D eigenvalue weighted by molar-refractivity contribution is 5.61. The summed E-state index contributed by atoms with van der Waals surface area (Å²) in [5.41, 5.74) is 0.583. The van der Waals surface area contributed by atoms with Crippen LogP contribution in [0.15, 0.2) is 12.7 Å². The number of nitrogens with zero attached hydrogens (tertiary/aromatic N) is 3. The number of hydrogen-bond donors (Lipinski definition) is 1. The monoisotopic (exact) mass is 252 g/mol. The second kappa shape index (κ2) is 5.66. The van der Waals surface area contributed by atoms with Crippen LogP contribution in [0.25, 0.3) is 0 Å². The Balaban J connectivity index is 3.17. The van der Waals surface area contributed by atoms with Crippen LogP contribution in [0, 0.1) is 10.1 Å². The van der Waals surface area contributed by atoms with E-state index >= 15 is 0 Å². The van der Waals surface area contributed by atoms with Gasteiger partial charge in [-0.05, 0) is 13.3 Å². The van der Waals surface area contributed by atoms with E-state index in [-0.39, 0.29) is 22.6 Å². The van der Waals surface area contributed by atoms with Gasteiger partial charge in [0.25, 0.3) is 0 Å². The number of nitro groups is 1. The molecule has 0 radical (unpaired) electrons. The summed E-state index contributed by atoms with van der Waals surface area (Å²) in [5, 5.41) is 18.5. The van der Waals surface area contributed by atoms with Crippen LogP contribution < -0.4 is 5.32 Å². The topological polar surface area (TPSA) is 73.0 Å². The molecule has 0 aliphatic carbocycles. The van der Waals surface area contributed by atoms with E-state index in [1.807, 2.05) is 20.8 Å². The van der Waals surface area contributed by atoms with Gasteiger partial charge in [-0.25, -0.2) is 4.68 Å². The van der Waals surface area contributed by atoms with Crippen LogP contribution in [0.2, 0.25) is 0 Å². The second-order valence-corrected chi connectivity index (χ2v) is 4.69. The van der Waals surface area contributed by atoms with E-state index in [2.05, 4.69) is 17.0 Å². The third-order valence-electron chi connectivity index (χ3n) is 2.68. The van der Waals surface area contributed by atoms with Gasteiger partial charge in [-0.2, -0.15) is 5.10 Å². The van der Waals surface area contributed by atoms with E-state index in [9.17, 15) is 10.1 Å². The van der Waals surface area contributed by atoms with Gasteiger partial charge in [-0.15, -0.1) is 6.58 Å². The van der Waals surface area contributed by atoms with Crippen molar-refractivity contribution in [3.8, 4) is 0 Å². The van der Waals surface area contributed by atoms with Crippen molar-refractivity contribution in [3.63, 3.8) is 0 Å². The van der Waals surface area contributed by atoms with Crippen molar-refractivity contribution in [2.45, 2.75) is 39.2 Å². The molecule has 1 unspecified atom stereocenters. The third-order valence-corrected chi connectivity index (χ3v) is 2.68. The van der Waals surface area contributed by atoms with Gasteiger partial charge in [0, 0.05) is 19.0 Å². The Hall–Kier alpha value is -1.85. The van der Waals surface area contributed by atoms with Gasteiger partial charge in [0.15, 0.2) is 0 Å². The predicted molar refractivity (Wildman–Crippen MR) is 71.9 cm³/mol. The minimum absolute atomic E-state index is 0.0156. The van der Waals surface area contributed by atoms with Crippen LogP contribution in [0.4, 0.5) is 11.5 Å². The average Bonchev–Trinajstić information content (AvgIpc) is 2.57. The first-order valence-electron chi connectivity index (χ1n) is 5.97. The van der Waals surface area contributed by atoms with Crippen molar-refractivity contribution in [1.29, 1.82) is 0 Å². The first-order valence-corrected chi connectivity index (χ1v) is 5.97. The van der Waals surface area contributed by atoms with E-state index in [0.717, 1.165) is 6.42 Å². The Morgan fingerprint density at radius 2 is 2.17 bits per heavy atom. The first-order chi connectivity index (χ1) is 8.38. The lowest BCUT2D eigenvalue weighted by Gasteiger charge is -2.12. The molecular weight excluding hydrogens is 232 g/mol. The SMILES string of the molecule is C=CCC(C)Nc1c([N+](=O)[O-])c(C(C)C)nn1C. The molecular formula is C12H20N4O2. The number of anilines is 1. The predicted octanol–water partition coefficient (Wildman–Crippen LogP) is 2.83. The lowest BCUT2D eigenvalue weighted by atomic mass is 10.1. The quantitative estimate of drug-likeness (QED) is 0.480. The van der Waals surface area contributed by atoms with Crippen LogP contribution in [0.5, 0.6) is 0 Å². The molecule has 1 aromatic heterocycles. The standard InChI is InChI=1S/C12H20N4O2/c1-6-7-9(4)13-12-11(16(17)18)10(8(2)3)14-15(12)5/h6,8-9,13H,1,7H2,2-5H3. The zero-order chi connectivity index (χ0) is 13.9. The molecule has 0 fully saturated rings.